The first kappa shape index (κ1) is 13.8. The van der Waals surface area contributed by atoms with Crippen LogP contribution in [0.15, 0.2) is 36.5 Å². The summed E-state index contributed by atoms with van der Waals surface area (Å²) >= 11 is 0. The minimum atomic E-state index is -0.631. The number of carbonyl (C=O) groups is 1. The molecule has 1 heterocycles. The zero-order valence-electron chi connectivity index (χ0n) is 10.9. The lowest BCUT2D eigenvalue weighted by molar-refractivity contribution is 0.102. The Morgan fingerprint density at radius 1 is 1.45 bits per heavy atom. The van der Waals surface area contributed by atoms with E-state index in [4.69, 9.17) is 10.5 Å². The first-order valence-electron chi connectivity index (χ1n) is 6.06. The molecule has 0 saturated carbocycles. The van der Waals surface area contributed by atoms with E-state index in [0.29, 0.717) is 18.2 Å². The molecule has 2 aromatic rings. The van der Waals surface area contributed by atoms with Crippen molar-refractivity contribution in [1.82, 2.24) is 4.98 Å². The predicted octanol–water partition coefficient (Wildman–Crippen LogP) is 2.45. The van der Waals surface area contributed by atoms with Crippen molar-refractivity contribution in [2.24, 2.45) is 0 Å². The van der Waals surface area contributed by atoms with Gasteiger partial charge in [0.25, 0.3) is 5.91 Å². The van der Waals surface area contributed by atoms with Crippen LogP contribution in [0.4, 0.5) is 15.8 Å². The number of nitrogens with one attached hydrogen (secondary N) is 1. The third-order valence-corrected chi connectivity index (χ3v) is 2.56. The Labute approximate surface area is 115 Å². The number of halogens is 1. The van der Waals surface area contributed by atoms with Crippen molar-refractivity contribution in [3.05, 3.63) is 47.9 Å². The van der Waals surface area contributed by atoms with Crippen LogP contribution in [0.1, 0.15) is 17.3 Å². The number of ether oxygens (including phenoxy) is 1. The van der Waals surface area contributed by atoms with Crippen molar-refractivity contribution in [3.63, 3.8) is 0 Å². The smallest absolute Gasteiger partial charge is 0.255 e. The first-order chi connectivity index (χ1) is 9.61. The summed E-state index contributed by atoms with van der Waals surface area (Å²) in [6.45, 7) is 2.24. The summed E-state index contributed by atoms with van der Waals surface area (Å²) in [6, 6.07) is 7.20. The van der Waals surface area contributed by atoms with Crippen molar-refractivity contribution >= 4 is 17.3 Å². The quantitative estimate of drug-likeness (QED) is 0.840. The molecule has 20 heavy (non-hydrogen) atoms. The van der Waals surface area contributed by atoms with Gasteiger partial charge in [-0.15, -0.1) is 0 Å². The summed E-state index contributed by atoms with van der Waals surface area (Å²) in [6.07, 6.45) is 1.56. The van der Waals surface area contributed by atoms with E-state index in [0.717, 1.165) is 6.07 Å². The van der Waals surface area contributed by atoms with Gasteiger partial charge in [0.15, 0.2) is 0 Å². The molecule has 0 bridgehead atoms. The van der Waals surface area contributed by atoms with Crippen LogP contribution in [0.3, 0.4) is 0 Å². The van der Waals surface area contributed by atoms with Crippen molar-refractivity contribution in [1.29, 1.82) is 0 Å². The fourth-order valence-corrected chi connectivity index (χ4v) is 1.60. The van der Waals surface area contributed by atoms with Crippen LogP contribution < -0.4 is 15.8 Å². The van der Waals surface area contributed by atoms with E-state index in [1.165, 1.54) is 12.1 Å². The molecule has 0 unspecified atom stereocenters. The van der Waals surface area contributed by atoms with Gasteiger partial charge in [-0.2, -0.15) is 0 Å². The number of benzene rings is 1. The number of hydrogen-bond donors (Lipinski definition) is 2. The molecule has 6 heteroatoms. The third-order valence-electron chi connectivity index (χ3n) is 2.56. The number of hydrogen-bond acceptors (Lipinski definition) is 4. The zero-order chi connectivity index (χ0) is 14.5. The molecule has 2 rings (SSSR count). The normalized spacial score (nSPS) is 10.1. The maximum Gasteiger partial charge on any atom is 0.255 e. The van der Waals surface area contributed by atoms with Crippen LogP contribution in [-0.4, -0.2) is 17.5 Å². The van der Waals surface area contributed by atoms with E-state index in [1.807, 2.05) is 6.92 Å². The molecule has 1 aromatic carbocycles. The minimum Gasteiger partial charge on any atom is -0.476 e. The van der Waals surface area contributed by atoms with Crippen molar-refractivity contribution in [2.75, 3.05) is 17.7 Å². The SMILES string of the molecule is CCOc1ncccc1NC(=O)c1ccc(N)c(F)c1. The maximum atomic E-state index is 13.3. The van der Waals surface area contributed by atoms with Crippen LogP contribution >= 0.6 is 0 Å². The van der Waals surface area contributed by atoms with Gasteiger partial charge in [-0.05, 0) is 37.3 Å². The summed E-state index contributed by atoms with van der Waals surface area (Å²) < 4.78 is 18.6. The van der Waals surface area contributed by atoms with Gasteiger partial charge in [0.2, 0.25) is 5.88 Å². The highest BCUT2D eigenvalue weighted by Crippen LogP contribution is 2.21. The topological polar surface area (TPSA) is 77.2 Å². The Morgan fingerprint density at radius 3 is 2.95 bits per heavy atom. The van der Waals surface area contributed by atoms with E-state index >= 15 is 0 Å². The number of nitrogens with zero attached hydrogens (tertiary/aromatic N) is 1. The highest BCUT2D eigenvalue weighted by atomic mass is 19.1. The van der Waals surface area contributed by atoms with Crippen molar-refractivity contribution in [3.8, 4) is 5.88 Å². The number of anilines is 2. The number of aromatic nitrogens is 1. The summed E-state index contributed by atoms with van der Waals surface area (Å²) in [4.78, 5) is 16.0. The molecule has 1 amide bonds. The molecule has 0 aliphatic rings. The van der Waals surface area contributed by atoms with Crippen LogP contribution in [0.2, 0.25) is 0 Å². The van der Waals surface area contributed by atoms with E-state index in [1.54, 1.807) is 18.3 Å². The van der Waals surface area contributed by atoms with Gasteiger partial charge in [-0.25, -0.2) is 9.37 Å². The van der Waals surface area contributed by atoms with E-state index in [9.17, 15) is 9.18 Å². The van der Waals surface area contributed by atoms with Gasteiger partial charge in [0.05, 0.1) is 12.3 Å². The molecule has 0 saturated heterocycles. The largest absolute Gasteiger partial charge is 0.476 e. The fraction of sp³-hybridized carbons (Fsp3) is 0.143. The predicted molar refractivity (Wildman–Crippen MR) is 74.2 cm³/mol. The van der Waals surface area contributed by atoms with Gasteiger partial charge in [-0.1, -0.05) is 0 Å². The lowest BCUT2D eigenvalue weighted by atomic mass is 10.2. The van der Waals surface area contributed by atoms with E-state index in [-0.39, 0.29) is 11.3 Å². The van der Waals surface area contributed by atoms with Crippen LogP contribution in [0.25, 0.3) is 0 Å². The second-order valence-corrected chi connectivity index (χ2v) is 3.98. The number of nitrogens with two attached hydrogens (primary N) is 1. The number of amides is 1. The Morgan fingerprint density at radius 2 is 2.25 bits per heavy atom. The molecule has 3 N–H and O–H groups in total. The Hall–Kier alpha value is -2.63. The second kappa shape index (κ2) is 6.01. The molecular formula is C14H14FN3O2. The molecule has 104 valence electrons. The average Bonchev–Trinajstić information content (AvgIpc) is 2.44. The number of carbonyl (C=O) groups excluding carboxylic acids is 1. The van der Waals surface area contributed by atoms with Gasteiger partial charge in [0.1, 0.15) is 11.5 Å². The van der Waals surface area contributed by atoms with Gasteiger partial charge >= 0.3 is 0 Å². The van der Waals surface area contributed by atoms with Crippen LogP contribution in [0, 0.1) is 5.82 Å². The summed E-state index contributed by atoms with van der Waals surface area (Å²) in [5, 5.41) is 2.62. The lowest BCUT2D eigenvalue weighted by Crippen LogP contribution is -2.14. The summed E-state index contributed by atoms with van der Waals surface area (Å²) in [7, 11) is 0. The standard InChI is InChI=1S/C14H14FN3O2/c1-2-20-14-12(4-3-7-17-14)18-13(19)9-5-6-11(16)10(15)8-9/h3-8H,2,16H2,1H3,(H,18,19). The minimum absolute atomic E-state index is 0.00191. The molecular weight excluding hydrogens is 261 g/mol. The highest BCUT2D eigenvalue weighted by Gasteiger charge is 2.12. The van der Waals surface area contributed by atoms with E-state index < -0.39 is 11.7 Å². The molecule has 0 spiro atoms. The molecule has 0 aliphatic carbocycles. The highest BCUT2D eigenvalue weighted by molar-refractivity contribution is 6.05. The third kappa shape index (κ3) is 3.03. The monoisotopic (exact) mass is 275 g/mol. The Balaban J connectivity index is 2.21. The Bertz CT molecular complexity index is 632. The molecule has 0 radical (unpaired) electrons. The molecule has 5 nitrogen and oxygen atoms in total. The number of rotatable bonds is 4. The average molecular weight is 275 g/mol. The van der Waals surface area contributed by atoms with E-state index in [2.05, 4.69) is 10.3 Å². The molecule has 1 aromatic heterocycles. The van der Waals surface area contributed by atoms with Crippen molar-refractivity contribution in [2.45, 2.75) is 6.92 Å². The zero-order valence-corrected chi connectivity index (χ0v) is 10.9. The number of nitrogen functional groups attached to an aromatic ring is 1. The van der Waals surface area contributed by atoms with Crippen molar-refractivity contribution < 1.29 is 13.9 Å². The van der Waals surface area contributed by atoms with Crippen LogP contribution in [0.5, 0.6) is 5.88 Å². The molecule has 0 fully saturated rings. The van der Waals surface area contributed by atoms with Crippen LogP contribution in [-0.2, 0) is 0 Å². The Kier molecular flexibility index (Phi) is 4.14. The van der Waals surface area contributed by atoms with Gasteiger partial charge in [0, 0.05) is 11.8 Å². The second-order valence-electron chi connectivity index (χ2n) is 3.98. The summed E-state index contributed by atoms with van der Waals surface area (Å²) in [5.41, 5.74) is 5.96. The maximum absolute atomic E-state index is 13.3. The van der Waals surface area contributed by atoms with Gasteiger partial charge < -0.3 is 15.8 Å². The molecule has 0 aliphatic heterocycles. The first-order valence-corrected chi connectivity index (χ1v) is 6.06. The number of pyridine rings is 1. The fourth-order valence-electron chi connectivity index (χ4n) is 1.60. The molecule has 0 atom stereocenters. The van der Waals surface area contributed by atoms with Gasteiger partial charge in [-0.3, -0.25) is 4.79 Å². The summed E-state index contributed by atoms with van der Waals surface area (Å²) in [5.74, 6) is -0.772. The lowest BCUT2D eigenvalue weighted by Gasteiger charge is -2.10.